The molecule has 4 aliphatic heterocycles. The third-order valence-corrected chi connectivity index (χ3v) is 11.0. The van der Waals surface area contributed by atoms with Crippen LogP contribution in [0.25, 0.3) is 0 Å². The smallest absolute Gasteiger partial charge is 0.410 e. The number of carbonyl (C=O) groups is 3. The van der Waals surface area contributed by atoms with Crippen molar-refractivity contribution in [2.45, 2.75) is 95.9 Å². The maximum absolute atomic E-state index is 14.0. The highest BCUT2D eigenvalue weighted by Crippen LogP contribution is 2.29. The van der Waals surface area contributed by atoms with Crippen molar-refractivity contribution in [3.63, 3.8) is 0 Å². The third-order valence-electron chi connectivity index (χ3n) is 11.0. The highest BCUT2D eigenvalue weighted by atomic mass is 16.6. The molecular formula is C37H52N6O5. The number of phenolic OH excluding ortho intramolecular Hbond substituents is 1. The molecule has 4 aliphatic rings. The fraction of sp³-hybridized carbons (Fsp3) is 0.595. The Hall–Kier alpha value is -3.83. The van der Waals surface area contributed by atoms with Crippen LogP contribution in [0.15, 0.2) is 36.4 Å². The number of nitrogens with one attached hydrogen (secondary N) is 1. The van der Waals surface area contributed by atoms with Crippen molar-refractivity contribution in [1.29, 1.82) is 0 Å². The number of hydrogen-bond donors (Lipinski definition) is 3. The molecular weight excluding hydrogens is 608 g/mol. The Morgan fingerprint density at radius 1 is 0.938 bits per heavy atom. The zero-order chi connectivity index (χ0) is 34.0. The van der Waals surface area contributed by atoms with E-state index in [0.717, 1.165) is 73.1 Å². The van der Waals surface area contributed by atoms with E-state index in [4.69, 9.17) is 10.5 Å². The normalized spacial score (nSPS) is 21.7. The molecule has 2 aromatic rings. The Labute approximate surface area is 284 Å². The number of nitrogens with zero attached hydrogens (tertiary/aromatic N) is 4. The zero-order valence-electron chi connectivity index (χ0n) is 28.7. The molecule has 4 amide bonds. The first-order chi connectivity index (χ1) is 23.0. The van der Waals surface area contributed by atoms with Gasteiger partial charge in [0.05, 0.1) is 0 Å². The lowest BCUT2D eigenvalue weighted by Crippen LogP contribution is -2.55. The molecule has 48 heavy (non-hydrogen) atoms. The average molecular weight is 661 g/mol. The Morgan fingerprint density at radius 3 is 2.21 bits per heavy atom. The van der Waals surface area contributed by atoms with Crippen molar-refractivity contribution < 1.29 is 24.2 Å². The van der Waals surface area contributed by atoms with E-state index in [0.29, 0.717) is 51.6 Å². The van der Waals surface area contributed by atoms with Gasteiger partial charge in [-0.2, -0.15) is 0 Å². The molecule has 0 aromatic heterocycles. The van der Waals surface area contributed by atoms with Crippen LogP contribution in [0.3, 0.4) is 0 Å². The number of ether oxygens (including phenoxy) is 1. The standard InChI is InChI=1S/C37H52N6O5/c1-25-22-27(23-26(2)33(25)44)24-32(34(45)41-15-9-29(10-16-41)40-20-13-37(3,38)14-21-40)48-36(47)42-17-11-30(12-18-42)43-19-8-28-6-4-5-7-31(28)39-35(43)46/h4-7,22-23,29-30,32,44H,8-21,24,38H2,1-3H3,(H,39,46). The Balaban J connectivity index is 1.08. The molecule has 0 bridgehead atoms. The van der Waals surface area contributed by atoms with E-state index in [-0.39, 0.29) is 35.7 Å². The molecule has 6 rings (SSSR count). The second kappa shape index (κ2) is 14.3. The van der Waals surface area contributed by atoms with Crippen molar-refractivity contribution in [1.82, 2.24) is 19.6 Å². The van der Waals surface area contributed by atoms with Gasteiger partial charge in [0.1, 0.15) is 5.75 Å². The number of anilines is 1. The Kier molecular flexibility index (Phi) is 10.2. The van der Waals surface area contributed by atoms with Gasteiger partial charge >= 0.3 is 12.1 Å². The van der Waals surface area contributed by atoms with Gasteiger partial charge in [0.2, 0.25) is 0 Å². The van der Waals surface area contributed by atoms with E-state index in [1.54, 1.807) is 4.90 Å². The van der Waals surface area contributed by atoms with E-state index in [1.807, 2.05) is 60.0 Å². The molecule has 0 aliphatic carbocycles. The van der Waals surface area contributed by atoms with Crippen LogP contribution in [0.2, 0.25) is 0 Å². The van der Waals surface area contributed by atoms with E-state index >= 15 is 0 Å². The summed E-state index contributed by atoms with van der Waals surface area (Å²) in [6, 6.07) is 12.0. The second-order valence-corrected chi connectivity index (χ2v) is 14.7. The number of rotatable bonds is 6. The number of aryl methyl sites for hydroxylation is 2. The fourth-order valence-electron chi connectivity index (χ4n) is 7.91. The Bertz CT molecular complexity index is 1460. The van der Waals surface area contributed by atoms with Gasteiger partial charge in [0.25, 0.3) is 5.91 Å². The summed E-state index contributed by atoms with van der Waals surface area (Å²) in [5.74, 6) is 0.0623. The van der Waals surface area contributed by atoms with Crippen LogP contribution in [0.4, 0.5) is 15.3 Å². The van der Waals surface area contributed by atoms with Crippen LogP contribution in [0.5, 0.6) is 5.75 Å². The molecule has 3 saturated heterocycles. The van der Waals surface area contributed by atoms with Crippen molar-refractivity contribution in [2.24, 2.45) is 5.73 Å². The van der Waals surface area contributed by atoms with Gasteiger partial charge in [0, 0.05) is 75.5 Å². The molecule has 0 spiro atoms. The van der Waals surface area contributed by atoms with Crippen LogP contribution < -0.4 is 11.1 Å². The minimum atomic E-state index is -0.974. The number of benzene rings is 2. The predicted octanol–water partition coefficient (Wildman–Crippen LogP) is 4.42. The second-order valence-electron chi connectivity index (χ2n) is 14.7. The summed E-state index contributed by atoms with van der Waals surface area (Å²) in [5.41, 5.74) is 10.5. The van der Waals surface area contributed by atoms with Crippen LogP contribution in [0, 0.1) is 13.8 Å². The summed E-state index contributed by atoms with van der Waals surface area (Å²) >= 11 is 0. The van der Waals surface area contributed by atoms with Crippen LogP contribution in [0.1, 0.15) is 67.7 Å². The number of urea groups is 1. The minimum absolute atomic E-state index is 0.0172. The molecule has 11 nitrogen and oxygen atoms in total. The summed E-state index contributed by atoms with van der Waals surface area (Å²) in [7, 11) is 0. The lowest BCUT2D eigenvalue weighted by Gasteiger charge is -2.44. The van der Waals surface area contributed by atoms with Crippen molar-refractivity contribution in [2.75, 3.05) is 51.1 Å². The largest absolute Gasteiger partial charge is 0.507 e. The summed E-state index contributed by atoms with van der Waals surface area (Å²) in [6.07, 6.45) is 4.54. The number of aromatic hydroxyl groups is 1. The molecule has 4 N–H and O–H groups in total. The topological polar surface area (TPSA) is 132 Å². The number of nitrogens with two attached hydrogens (primary N) is 1. The number of fused-ring (bicyclic) bond motifs is 1. The van der Waals surface area contributed by atoms with Gasteiger partial charge in [0.15, 0.2) is 6.10 Å². The van der Waals surface area contributed by atoms with Crippen LogP contribution >= 0.6 is 0 Å². The number of carbonyl (C=O) groups excluding carboxylic acids is 3. The van der Waals surface area contributed by atoms with E-state index in [9.17, 15) is 19.5 Å². The summed E-state index contributed by atoms with van der Waals surface area (Å²) in [6.45, 7) is 10.5. The molecule has 0 saturated carbocycles. The lowest BCUT2D eigenvalue weighted by atomic mass is 9.89. The summed E-state index contributed by atoms with van der Waals surface area (Å²) < 4.78 is 6.07. The average Bonchev–Trinajstić information content (AvgIpc) is 3.24. The number of piperidine rings is 3. The molecule has 4 heterocycles. The van der Waals surface area contributed by atoms with Crippen molar-refractivity contribution >= 4 is 23.7 Å². The number of para-hydroxylation sites is 1. The van der Waals surface area contributed by atoms with Crippen molar-refractivity contribution in [3.8, 4) is 5.75 Å². The van der Waals surface area contributed by atoms with Crippen molar-refractivity contribution in [3.05, 3.63) is 58.7 Å². The van der Waals surface area contributed by atoms with Gasteiger partial charge in [-0.05, 0) is 94.0 Å². The van der Waals surface area contributed by atoms with E-state index in [2.05, 4.69) is 17.1 Å². The Morgan fingerprint density at radius 2 is 1.54 bits per heavy atom. The lowest BCUT2D eigenvalue weighted by molar-refractivity contribution is -0.142. The quantitative estimate of drug-likeness (QED) is 0.418. The van der Waals surface area contributed by atoms with Crippen LogP contribution in [-0.4, -0.2) is 112 Å². The van der Waals surface area contributed by atoms with E-state index in [1.165, 1.54) is 0 Å². The maximum Gasteiger partial charge on any atom is 0.410 e. The monoisotopic (exact) mass is 660 g/mol. The highest BCUT2D eigenvalue weighted by Gasteiger charge is 2.37. The molecule has 2 aromatic carbocycles. The number of phenols is 1. The molecule has 0 radical (unpaired) electrons. The molecule has 1 atom stereocenters. The molecule has 11 heteroatoms. The van der Waals surface area contributed by atoms with Gasteiger partial charge in [-0.1, -0.05) is 30.3 Å². The van der Waals surface area contributed by atoms with Gasteiger partial charge < -0.3 is 40.5 Å². The fourth-order valence-corrected chi connectivity index (χ4v) is 7.91. The SMILES string of the molecule is Cc1cc(CC(OC(=O)N2CCC(N3CCc4ccccc4NC3=O)CC2)C(=O)N2CCC(N3CCC(C)(N)CC3)CC2)cc(C)c1O. The number of hydrogen-bond acceptors (Lipinski definition) is 7. The maximum atomic E-state index is 14.0. The molecule has 260 valence electrons. The summed E-state index contributed by atoms with van der Waals surface area (Å²) in [5, 5.41) is 13.4. The van der Waals surface area contributed by atoms with Crippen LogP contribution in [-0.2, 0) is 22.4 Å². The number of likely N-dealkylation sites (tertiary alicyclic amines) is 3. The van der Waals surface area contributed by atoms with Gasteiger partial charge in [-0.25, -0.2) is 9.59 Å². The molecule has 3 fully saturated rings. The minimum Gasteiger partial charge on any atom is -0.507 e. The highest BCUT2D eigenvalue weighted by molar-refractivity contribution is 5.91. The molecule has 1 unspecified atom stereocenters. The van der Waals surface area contributed by atoms with E-state index < -0.39 is 12.2 Å². The third kappa shape index (κ3) is 7.73. The summed E-state index contributed by atoms with van der Waals surface area (Å²) in [4.78, 5) is 48.7. The first-order valence-corrected chi connectivity index (χ1v) is 17.7. The predicted molar refractivity (Wildman–Crippen MR) is 185 cm³/mol. The zero-order valence-corrected chi connectivity index (χ0v) is 28.7. The van der Waals surface area contributed by atoms with Gasteiger partial charge in [-0.3, -0.25) is 4.79 Å². The number of amides is 4. The first-order valence-electron chi connectivity index (χ1n) is 17.7. The van der Waals surface area contributed by atoms with Gasteiger partial charge in [-0.15, -0.1) is 0 Å². The first kappa shape index (κ1) is 34.0.